The van der Waals surface area contributed by atoms with E-state index in [-0.39, 0.29) is 5.56 Å². The first-order valence-electron chi connectivity index (χ1n) is 6.48. The molecule has 0 aliphatic rings. The molecule has 104 valence electrons. The average Bonchev–Trinajstić information content (AvgIpc) is 2.48. The summed E-state index contributed by atoms with van der Waals surface area (Å²) in [5.74, 6) is -0.611. The first-order chi connectivity index (χ1) is 9.72. The molecule has 0 spiro atoms. The topological polar surface area (TPSA) is 72.3 Å². The van der Waals surface area contributed by atoms with Gasteiger partial charge in [-0.1, -0.05) is 19.4 Å². The highest BCUT2D eigenvalue weighted by Gasteiger charge is 2.13. The van der Waals surface area contributed by atoms with E-state index in [2.05, 4.69) is 16.9 Å². The highest BCUT2D eigenvalue weighted by molar-refractivity contribution is 5.91. The number of rotatable bonds is 6. The molecule has 2 aromatic rings. The van der Waals surface area contributed by atoms with Crippen LogP contribution in [0, 0.1) is 0 Å². The monoisotopic (exact) mass is 272 g/mol. The summed E-state index contributed by atoms with van der Waals surface area (Å²) < 4.78 is 5.58. The minimum Gasteiger partial charge on any atom is -0.493 e. The molecule has 1 N–H and O–H groups in total. The second-order valence-electron chi connectivity index (χ2n) is 4.35. The van der Waals surface area contributed by atoms with E-state index in [1.165, 1.54) is 6.33 Å². The van der Waals surface area contributed by atoms with Crippen LogP contribution in [0.4, 0.5) is 0 Å². The van der Waals surface area contributed by atoms with Crippen molar-refractivity contribution in [1.29, 1.82) is 0 Å². The van der Waals surface area contributed by atoms with Gasteiger partial charge in [0.05, 0.1) is 6.61 Å². The summed E-state index contributed by atoms with van der Waals surface area (Å²) in [6.45, 7) is 2.56. The molecule has 2 rings (SSSR count). The molecular weight excluding hydrogens is 256 g/mol. The van der Waals surface area contributed by atoms with Gasteiger partial charge in [0.25, 0.3) is 0 Å². The van der Waals surface area contributed by atoms with E-state index in [0.717, 1.165) is 24.0 Å². The molecule has 0 saturated heterocycles. The van der Waals surface area contributed by atoms with Crippen molar-refractivity contribution < 1.29 is 14.6 Å². The van der Waals surface area contributed by atoms with Gasteiger partial charge in [0.1, 0.15) is 17.6 Å². The number of aromatic carboxylic acids is 1. The summed E-state index contributed by atoms with van der Waals surface area (Å²) in [6.07, 6.45) is 6.69. The minimum absolute atomic E-state index is 0.168. The molecule has 0 bridgehead atoms. The number of carboxylic acid groups (broad SMARTS) is 1. The van der Waals surface area contributed by atoms with Crippen molar-refractivity contribution in [1.82, 2.24) is 9.97 Å². The molecule has 0 atom stereocenters. The van der Waals surface area contributed by atoms with Crippen LogP contribution >= 0.6 is 0 Å². The molecule has 0 saturated carbocycles. The zero-order valence-corrected chi connectivity index (χ0v) is 11.2. The number of aromatic nitrogens is 2. The lowest BCUT2D eigenvalue weighted by Crippen LogP contribution is -2.04. The zero-order chi connectivity index (χ0) is 14.4. The lowest BCUT2D eigenvalue weighted by Gasteiger charge is -2.10. The summed E-state index contributed by atoms with van der Waals surface area (Å²) in [5, 5.41) is 9.18. The van der Waals surface area contributed by atoms with Gasteiger partial charge < -0.3 is 9.84 Å². The zero-order valence-electron chi connectivity index (χ0n) is 11.2. The maximum Gasteiger partial charge on any atom is 0.339 e. The van der Waals surface area contributed by atoms with Crippen LogP contribution in [0.15, 0.2) is 36.9 Å². The predicted molar refractivity (Wildman–Crippen MR) is 74.8 cm³/mol. The van der Waals surface area contributed by atoms with Crippen LogP contribution in [0.5, 0.6) is 5.75 Å². The molecule has 0 amide bonds. The van der Waals surface area contributed by atoms with Gasteiger partial charge in [-0.15, -0.1) is 0 Å². The molecule has 0 unspecified atom stereocenters. The Morgan fingerprint density at radius 1 is 1.25 bits per heavy atom. The predicted octanol–water partition coefficient (Wildman–Crippen LogP) is 3.02. The van der Waals surface area contributed by atoms with Gasteiger partial charge in [0.2, 0.25) is 0 Å². The quantitative estimate of drug-likeness (QED) is 0.818. The Balaban J connectivity index is 2.32. The number of carboxylic acids is 1. The Morgan fingerprint density at radius 2 is 2.00 bits per heavy atom. The van der Waals surface area contributed by atoms with E-state index < -0.39 is 5.97 Å². The maximum atomic E-state index is 11.2. The molecule has 0 aliphatic heterocycles. The molecule has 0 fully saturated rings. The van der Waals surface area contributed by atoms with E-state index in [1.54, 1.807) is 30.6 Å². The summed E-state index contributed by atoms with van der Waals surface area (Å²) in [7, 11) is 0. The number of hydrogen-bond donors (Lipinski definition) is 1. The molecule has 5 heteroatoms. The van der Waals surface area contributed by atoms with Gasteiger partial charge in [-0.3, -0.25) is 0 Å². The third kappa shape index (κ3) is 3.32. The van der Waals surface area contributed by atoms with Crippen molar-refractivity contribution in [2.24, 2.45) is 0 Å². The highest BCUT2D eigenvalue weighted by atomic mass is 16.5. The smallest absolute Gasteiger partial charge is 0.339 e. The van der Waals surface area contributed by atoms with Crippen molar-refractivity contribution in [2.75, 3.05) is 6.61 Å². The van der Waals surface area contributed by atoms with Crippen LogP contribution in [0.1, 0.15) is 30.1 Å². The summed E-state index contributed by atoms with van der Waals surface area (Å²) in [6, 6.07) is 5.00. The van der Waals surface area contributed by atoms with E-state index in [9.17, 15) is 9.90 Å². The third-order valence-corrected chi connectivity index (χ3v) is 2.86. The minimum atomic E-state index is -0.993. The van der Waals surface area contributed by atoms with Crippen LogP contribution in [0.2, 0.25) is 0 Å². The lowest BCUT2D eigenvalue weighted by atomic mass is 10.1. The van der Waals surface area contributed by atoms with E-state index in [4.69, 9.17) is 4.74 Å². The first-order valence-corrected chi connectivity index (χ1v) is 6.48. The van der Waals surface area contributed by atoms with Gasteiger partial charge >= 0.3 is 5.97 Å². The fourth-order valence-corrected chi connectivity index (χ4v) is 1.77. The SMILES string of the molecule is CCCCOc1cc(-c2cncnc2)ccc1C(=O)O. The van der Waals surface area contributed by atoms with Crippen molar-refractivity contribution in [3.63, 3.8) is 0 Å². The molecule has 1 aromatic carbocycles. The van der Waals surface area contributed by atoms with Gasteiger partial charge in [0, 0.05) is 18.0 Å². The summed E-state index contributed by atoms with van der Waals surface area (Å²) in [5.41, 5.74) is 1.83. The number of hydrogen-bond acceptors (Lipinski definition) is 4. The van der Waals surface area contributed by atoms with Gasteiger partial charge in [-0.25, -0.2) is 14.8 Å². The second-order valence-corrected chi connectivity index (χ2v) is 4.35. The van der Waals surface area contributed by atoms with Gasteiger partial charge in [-0.05, 0) is 24.1 Å². The lowest BCUT2D eigenvalue weighted by molar-refractivity contribution is 0.0692. The summed E-state index contributed by atoms with van der Waals surface area (Å²) >= 11 is 0. The molecular formula is C15H16N2O3. The van der Waals surface area contributed by atoms with Crippen molar-refractivity contribution >= 4 is 5.97 Å². The third-order valence-electron chi connectivity index (χ3n) is 2.86. The standard InChI is InChI=1S/C15H16N2O3/c1-2-3-6-20-14-7-11(4-5-13(14)15(18)19)12-8-16-10-17-9-12/h4-5,7-10H,2-3,6H2,1H3,(H,18,19). The Morgan fingerprint density at radius 3 is 2.65 bits per heavy atom. The van der Waals surface area contributed by atoms with E-state index >= 15 is 0 Å². The fraction of sp³-hybridized carbons (Fsp3) is 0.267. The molecule has 0 aliphatic carbocycles. The van der Waals surface area contributed by atoms with E-state index in [1.807, 2.05) is 0 Å². The van der Waals surface area contributed by atoms with Crippen molar-refractivity contribution in [2.45, 2.75) is 19.8 Å². The Labute approximate surface area is 117 Å². The number of ether oxygens (including phenoxy) is 1. The van der Waals surface area contributed by atoms with Crippen molar-refractivity contribution in [3.8, 4) is 16.9 Å². The van der Waals surface area contributed by atoms with Gasteiger partial charge in [0.15, 0.2) is 0 Å². The molecule has 20 heavy (non-hydrogen) atoms. The van der Waals surface area contributed by atoms with Crippen LogP contribution in [-0.4, -0.2) is 27.7 Å². The Kier molecular flexibility index (Phi) is 4.65. The largest absolute Gasteiger partial charge is 0.493 e. The number of carbonyl (C=O) groups is 1. The number of benzene rings is 1. The van der Waals surface area contributed by atoms with Crippen LogP contribution in [0.25, 0.3) is 11.1 Å². The number of nitrogens with zero attached hydrogens (tertiary/aromatic N) is 2. The number of unbranched alkanes of at least 4 members (excludes halogenated alkanes) is 1. The fourth-order valence-electron chi connectivity index (χ4n) is 1.77. The van der Waals surface area contributed by atoms with Gasteiger partial charge in [-0.2, -0.15) is 0 Å². The summed E-state index contributed by atoms with van der Waals surface area (Å²) in [4.78, 5) is 19.1. The molecule has 1 heterocycles. The highest BCUT2D eigenvalue weighted by Crippen LogP contribution is 2.27. The van der Waals surface area contributed by atoms with Crippen LogP contribution < -0.4 is 4.74 Å². The average molecular weight is 272 g/mol. The molecule has 5 nitrogen and oxygen atoms in total. The second kappa shape index (κ2) is 6.65. The Hall–Kier alpha value is -2.43. The molecule has 1 aromatic heterocycles. The van der Waals surface area contributed by atoms with E-state index in [0.29, 0.717) is 12.4 Å². The van der Waals surface area contributed by atoms with Crippen LogP contribution in [-0.2, 0) is 0 Å². The van der Waals surface area contributed by atoms with Crippen LogP contribution in [0.3, 0.4) is 0 Å². The van der Waals surface area contributed by atoms with Crippen molar-refractivity contribution in [3.05, 3.63) is 42.5 Å². The normalized spacial score (nSPS) is 10.2. The Bertz CT molecular complexity index is 585. The maximum absolute atomic E-state index is 11.2. The molecule has 0 radical (unpaired) electrons. The first kappa shape index (κ1) is 14.0.